The number of ether oxygens (including phenoxy) is 2. The molecule has 0 aliphatic carbocycles. The molecule has 1 atom stereocenters. The van der Waals surface area contributed by atoms with E-state index in [2.05, 4.69) is 29.8 Å². The van der Waals surface area contributed by atoms with E-state index in [0.29, 0.717) is 5.69 Å². The number of allylic oxidation sites excluding steroid dienone is 1. The highest BCUT2D eigenvalue weighted by molar-refractivity contribution is 6.05. The Morgan fingerprint density at radius 3 is 2.52 bits per heavy atom. The van der Waals surface area contributed by atoms with Gasteiger partial charge in [-0.15, -0.1) is 0 Å². The summed E-state index contributed by atoms with van der Waals surface area (Å²) in [5.74, 6) is -1.77. The van der Waals surface area contributed by atoms with Crippen LogP contribution < -0.4 is 21.5 Å². The maximum absolute atomic E-state index is 12.7. The maximum Gasteiger partial charge on any atom is 0.295 e. The Hall–Kier alpha value is -3.90. The Morgan fingerprint density at radius 2 is 1.97 bits per heavy atom. The summed E-state index contributed by atoms with van der Waals surface area (Å²) in [5.41, 5.74) is 10.9. The van der Waals surface area contributed by atoms with Crippen molar-refractivity contribution < 1.29 is 31.8 Å². The third-order valence-electron chi connectivity index (χ3n) is 3.47. The molecule has 1 aliphatic heterocycles. The number of nitrogens with zero attached hydrogens (tertiary/aromatic N) is 3. The number of nitrogens with two attached hydrogens (primary N) is 2. The monoisotopic (exact) mass is 442 g/mol. The van der Waals surface area contributed by atoms with Gasteiger partial charge < -0.3 is 26.3 Å². The number of aliphatic imine (C=N–C) groups is 1. The Bertz CT molecular complexity index is 969. The molecule has 2 heterocycles. The Labute approximate surface area is 173 Å². The zero-order valence-corrected chi connectivity index (χ0v) is 16.1. The lowest BCUT2D eigenvalue weighted by Gasteiger charge is -2.14. The summed E-state index contributed by atoms with van der Waals surface area (Å²) in [4.78, 5) is 23.0. The number of carbonyl (C=O) groups is 1. The smallest absolute Gasteiger partial charge is 0.295 e. The summed E-state index contributed by atoms with van der Waals surface area (Å²) in [7, 11) is 0. The molecule has 13 heteroatoms. The first-order valence-corrected chi connectivity index (χ1v) is 8.58. The van der Waals surface area contributed by atoms with Crippen LogP contribution in [0.3, 0.4) is 0 Å². The van der Waals surface area contributed by atoms with Gasteiger partial charge in [-0.2, -0.15) is 4.98 Å². The van der Waals surface area contributed by atoms with E-state index in [-0.39, 0.29) is 29.5 Å². The number of anilines is 2. The molecule has 9 nitrogen and oxygen atoms in total. The Kier molecular flexibility index (Phi) is 8.11. The number of aromatic nitrogens is 2. The van der Waals surface area contributed by atoms with Gasteiger partial charge in [0.05, 0.1) is 12.2 Å². The fourth-order valence-corrected chi connectivity index (χ4v) is 2.18. The third kappa shape index (κ3) is 7.13. The number of rotatable bonds is 5. The molecule has 3 rings (SSSR count). The first-order valence-electron chi connectivity index (χ1n) is 8.58. The lowest BCUT2D eigenvalue weighted by Crippen LogP contribution is -2.24. The molecule has 1 aromatic heterocycles. The Morgan fingerprint density at radius 1 is 1.29 bits per heavy atom. The van der Waals surface area contributed by atoms with Crippen molar-refractivity contribution >= 4 is 23.4 Å². The standard InChI is InChI=1S/C12H10F2N4O2.C6H8F2N2O/c13-6-20-9-5-16-10(11(15)18-9)12(19)17-8-3-1-7(14)2-4-8;1-3-2-4(5(7)8)11-6(9)10-3/h1-5H,6H2,(H2,15,18)(H,17,19);2-3,5H,1H3,(H2,9,10)/t;3-/m.0/s1. The number of amidine groups is 1. The number of hydrogen-bond acceptors (Lipinski definition) is 8. The second-order valence-corrected chi connectivity index (χ2v) is 5.84. The van der Waals surface area contributed by atoms with Crippen molar-refractivity contribution in [3.05, 3.63) is 53.8 Å². The summed E-state index contributed by atoms with van der Waals surface area (Å²) in [5, 5.41) is 2.47. The molecule has 0 radical (unpaired) electrons. The summed E-state index contributed by atoms with van der Waals surface area (Å²) in [6.07, 6.45) is -0.303. The SMILES string of the molecule is C[C@H]1C=C(C(F)F)OC(N)=N1.Nc1nc(OCF)cnc1C(=O)Nc1ccc(F)cc1. The molecule has 1 aromatic carbocycles. The molecule has 166 valence electrons. The van der Waals surface area contributed by atoms with Crippen LogP contribution in [0.4, 0.5) is 29.1 Å². The first kappa shape index (κ1) is 23.4. The van der Waals surface area contributed by atoms with Crippen molar-refractivity contribution in [2.24, 2.45) is 10.7 Å². The van der Waals surface area contributed by atoms with Gasteiger partial charge in [-0.1, -0.05) is 0 Å². The van der Waals surface area contributed by atoms with Crippen molar-refractivity contribution in [3.63, 3.8) is 0 Å². The predicted molar refractivity (Wildman–Crippen MR) is 104 cm³/mol. The predicted octanol–water partition coefficient (Wildman–Crippen LogP) is 2.62. The normalized spacial score (nSPS) is 15.1. The van der Waals surface area contributed by atoms with Crippen molar-refractivity contribution in [3.8, 4) is 5.88 Å². The zero-order chi connectivity index (χ0) is 23.0. The van der Waals surface area contributed by atoms with Crippen molar-refractivity contribution in [2.75, 3.05) is 17.9 Å². The highest BCUT2D eigenvalue weighted by Gasteiger charge is 2.19. The van der Waals surface area contributed by atoms with E-state index < -0.39 is 30.8 Å². The fourth-order valence-electron chi connectivity index (χ4n) is 2.18. The minimum Gasteiger partial charge on any atom is -0.445 e. The molecule has 0 saturated heterocycles. The average Bonchev–Trinajstić information content (AvgIpc) is 2.70. The molecule has 0 unspecified atom stereocenters. The van der Waals surface area contributed by atoms with Crippen LogP contribution in [0, 0.1) is 5.82 Å². The van der Waals surface area contributed by atoms with Gasteiger partial charge in [0, 0.05) is 5.69 Å². The van der Waals surface area contributed by atoms with Crippen molar-refractivity contribution in [1.29, 1.82) is 0 Å². The number of benzene rings is 1. The van der Waals surface area contributed by atoms with E-state index in [1.54, 1.807) is 6.92 Å². The van der Waals surface area contributed by atoms with Crippen LogP contribution in [0.5, 0.6) is 5.88 Å². The van der Waals surface area contributed by atoms with E-state index in [0.717, 1.165) is 6.20 Å². The van der Waals surface area contributed by atoms with Crippen LogP contribution in [0.25, 0.3) is 0 Å². The van der Waals surface area contributed by atoms with Gasteiger partial charge in [-0.3, -0.25) is 4.79 Å². The van der Waals surface area contributed by atoms with Gasteiger partial charge in [0.15, 0.2) is 17.3 Å². The minimum atomic E-state index is -2.62. The van der Waals surface area contributed by atoms with E-state index in [1.165, 1.54) is 30.3 Å². The second-order valence-electron chi connectivity index (χ2n) is 5.84. The van der Waals surface area contributed by atoms with E-state index in [1.807, 2.05) is 0 Å². The lowest BCUT2D eigenvalue weighted by molar-refractivity contribution is 0.102. The van der Waals surface area contributed by atoms with Gasteiger partial charge in [0.25, 0.3) is 18.4 Å². The van der Waals surface area contributed by atoms with Gasteiger partial charge in [-0.25, -0.2) is 27.5 Å². The number of alkyl halides is 3. The van der Waals surface area contributed by atoms with Gasteiger partial charge >= 0.3 is 0 Å². The van der Waals surface area contributed by atoms with E-state index in [4.69, 9.17) is 11.5 Å². The van der Waals surface area contributed by atoms with Crippen LogP contribution >= 0.6 is 0 Å². The molecule has 0 fully saturated rings. The zero-order valence-electron chi connectivity index (χ0n) is 16.1. The highest BCUT2D eigenvalue weighted by atomic mass is 19.3. The average molecular weight is 442 g/mol. The Balaban J connectivity index is 0.000000262. The molecule has 0 saturated carbocycles. The molecule has 1 aliphatic rings. The second kappa shape index (κ2) is 10.8. The molecule has 31 heavy (non-hydrogen) atoms. The van der Waals surface area contributed by atoms with Crippen LogP contribution in [0.15, 0.2) is 47.3 Å². The highest BCUT2D eigenvalue weighted by Crippen LogP contribution is 2.16. The number of nitrogens with one attached hydrogen (secondary N) is 1. The number of halogens is 4. The lowest BCUT2D eigenvalue weighted by atomic mass is 10.3. The summed E-state index contributed by atoms with van der Waals surface area (Å²) in [6, 6.07) is 4.64. The van der Waals surface area contributed by atoms with Crippen molar-refractivity contribution in [1.82, 2.24) is 9.97 Å². The van der Waals surface area contributed by atoms with E-state index in [9.17, 15) is 22.4 Å². The minimum absolute atomic E-state index is 0.122. The summed E-state index contributed by atoms with van der Waals surface area (Å²) < 4.78 is 57.5. The quantitative estimate of drug-likeness (QED) is 0.605. The van der Waals surface area contributed by atoms with Gasteiger partial charge in [-0.05, 0) is 37.3 Å². The van der Waals surface area contributed by atoms with Crippen LogP contribution in [-0.2, 0) is 4.74 Å². The molecule has 1 amide bonds. The summed E-state index contributed by atoms with van der Waals surface area (Å²) in [6.45, 7) is 0.576. The number of carbonyl (C=O) groups excluding carboxylic acids is 1. The van der Waals surface area contributed by atoms with Gasteiger partial charge in [0.2, 0.25) is 12.7 Å². The fraction of sp³-hybridized carbons (Fsp3) is 0.222. The van der Waals surface area contributed by atoms with Crippen LogP contribution in [-0.4, -0.2) is 41.2 Å². The molecule has 0 spiro atoms. The third-order valence-corrected chi connectivity index (χ3v) is 3.47. The maximum atomic E-state index is 12.7. The molecule has 2 aromatic rings. The topological polar surface area (TPSA) is 138 Å². The van der Waals surface area contributed by atoms with Crippen molar-refractivity contribution in [2.45, 2.75) is 19.4 Å². The van der Waals surface area contributed by atoms with Crippen LogP contribution in [0.2, 0.25) is 0 Å². The number of amides is 1. The van der Waals surface area contributed by atoms with E-state index >= 15 is 0 Å². The van der Waals surface area contributed by atoms with Gasteiger partial charge in [0.1, 0.15) is 5.82 Å². The molecule has 0 bridgehead atoms. The molecular formula is C18H18F4N6O3. The summed E-state index contributed by atoms with van der Waals surface area (Å²) >= 11 is 0. The molecule has 5 N–H and O–H groups in total. The van der Waals surface area contributed by atoms with Crippen LogP contribution in [0.1, 0.15) is 17.4 Å². The first-order chi connectivity index (χ1) is 14.7. The largest absolute Gasteiger partial charge is 0.445 e. The number of nitrogen functional groups attached to an aromatic ring is 1. The number of hydrogen-bond donors (Lipinski definition) is 3. The molecular weight excluding hydrogens is 424 g/mol.